The van der Waals surface area contributed by atoms with Crippen LogP contribution in [0.1, 0.15) is 33.6 Å². The Morgan fingerprint density at radius 2 is 1.72 bits per heavy atom. The number of aromatic nitrogens is 1. The van der Waals surface area contributed by atoms with Crippen LogP contribution < -0.4 is 24.6 Å². The number of aromatic hydroxyl groups is 1. The second-order valence-corrected chi connectivity index (χ2v) is 12.5. The average molecular weight is 662 g/mol. The van der Waals surface area contributed by atoms with Crippen LogP contribution in [0.4, 0.5) is 11.4 Å². The summed E-state index contributed by atoms with van der Waals surface area (Å²) in [5.74, 6) is -2.68. The highest BCUT2D eigenvalue weighted by Gasteiger charge is 2.56. The lowest BCUT2D eigenvalue weighted by Gasteiger charge is -2.30. The van der Waals surface area contributed by atoms with E-state index in [2.05, 4.69) is 10.3 Å². The number of thioether (sulfide) groups is 1. The van der Waals surface area contributed by atoms with Crippen LogP contribution in [0.5, 0.6) is 17.2 Å². The van der Waals surface area contributed by atoms with E-state index in [0.717, 1.165) is 28.0 Å². The number of carbonyl (C=O) groups excluding carboxylic acids is 4. The second-order valence-electron chi connectivity index (χ2n) is 10.3. The van der Waals surface area contributed by atoms with E-state index in [1.54, 1.807) is 37.3 Å². The van der Waals surface area contributed by atoms with Gasteiger partial charge in [-0.2, -0.15) is 0 Å². The van der Waals surface area contributed by atoms with Crippen molar-refractivity contribution in [2.45, 2.75) is 23.1 Å². The molecule has 2 aliphatic rings. The molecule has 0 radical (unpaired) electrons. The van der Waals surface area contributed by atoms with E-state index in [1.807, 2.05) is 0 Å². The fraction of sp³-hybridized carbons (Fsp3) is 0.219. The highest BCUT2D eigenvalue weighted by Crippen LogP contribution is 2.53. The molecule has 3 N–H and O–H groups in total. The predicted molar refractivity (Wildman–Crippen MR) is 170 cm³/mol. The number of hydrogen-bond acceptors (Lipinski definition) is 11. The van der Waals surface area contributed by atoms with Crippen molar-refractivity contribution in [2.75, 3.05) is 30.5 Å². The number of carbonyl (C=O) groups is 4. The smallest absolute Gasteiger partial charge is 0.338 e. The maximum atomic E-state index is 14.0. The van der Waals surface area contributed by atoms with E-state index in [4.69, 9.17) is 14.2 Å². The molecule has 3 atom stereocenters. The van der Waals surface area contributed by atoms with Crippen molar-refractivity contribution in [2.24, 2.45) is 5.92 Å². The minimum atomic E-state index is -0.839. The first-order chi connectivity index (χ1) is 22.2. The van der Waals surface area contributed by atoms with Crippen molar-refractivity contribution >= 4 is 58.2 Å². The summed E-state index contributed by atoms with van der Waals surface area (Å²) < 4.78 is 16.3. The monoisotopic (exact) mass is 661 g/mol. The SMILES string of the molecule is CCOC(=O)c1ccc(N2C(=O)C3Sc4[nH]c(=O)sc4C(c4ccc(OCC(=O)Nc5ccc(O)cc5)c(OC)c4)C3C2=O)cc1. The first-order valence-electron chi connectivity index (χ1n) is 14.1. The zero-order valence-corrected chi connectivity index (χ0v) is 26.1. The molecule has 3 aromatic carbocycles. The Morgan fingerprint density at radius 3 is 2.41 bits per heavy atom. The van der Waals surface area contributed by atoms with E-state index in [0.29, 0.717) is 32.4 Å². The summed E-state index contributed by atoms with van der Waals surface area (Å²) in [5.41, 5.74) is 1.71. The quantitative estimate of drug-likeness (QED) is 0.135. The molecule has 3 heterocycles. The van der Waals surface area contributed by atoms with Crippen molar-refractivity contribution in [3.05, 3.63) is 92.4 Å². The number of esters is 1. The number of hydrogen-bond donors (Lipinski definition) is 3. The maximum Gasteiger partial charge on any atom is 0.338 e. The molecule has 0 bridgehead atoms. The number of nitrogens with zero attached hydrogens (tertiary/aromatic N) is 1. The number of nitrogens with one attached hydrogen (secondary N) is 2. The maximum absolute atomic E-state index is 14.0. The Balaban J connectivity index is 1.27. The highest BCUT2D eigenvalue weighted by molar-refractivity contribution is 8.00. The first-order valence-corrected chi connectivity index (χ1v) is 15.8. The van der Waals surface area contributed by atoms with Gasteiger partial charge in [-0.1, -0.05) is 29.2 Å². The van der Waals surface area contributed by atoms with Gasteiger partial charge in [0.05, 0.1) is 35.9 Å². The van der Waals surface area contributed by atoms with Gasteiger partial charge in [-0.15, -0.1) is 0 Å². The Hall–Kier alpha value is -5.08. The number of thiazole rings is 1. The summed E-state index contributed by atoms with van der Waals surface area (Å²) in [6.45, 7) is 1.58. The number of aromatic amines is 1. The zero-order valence-electron chi connectivity index (χ0n) is 24.5. The lowest BCUT2D eigenvalue weighted by Crippen LogP contribution is -2.32. The predicted octanol–water partition coefficient (Wildman–Crippen LogP) is 4.14. The van der Waals surface area contributed by atoms with Crippen LogP contribution in [0.2, 0.25) is 0 Å². The molecule has 1 fully saturated rings. The first kappa shape index (κ1) is 30.9. The molecule has 1 saturated heterocycles. The lowest BCUT2D eigenvalue weighted by molar-refractivity contribution is -0.122. The molecule has 3 amide bonds. The van der Waals surface area contributed by atoms with Gasteiger partial charge in [0.25, 0.3) is 5.91 Å². The number of fused-ring (bicyclic) bond motifs is 2. The summed E-state index contributed by atoms with van der Waals surface area (Å²) in [4.78, 5) is 69.1. The molecule has 14 heteroatoms. The van der Waals surface area contributed by atoms with Gasteiger partial charge in [0.2, 0.25) is 11.8 Å². The van der Waals surface area contributed by atoms with Crippen LogP contribution in [-0.4, -0.2) is 59.4 Å². The highest BCUT2D eigenvalue weighted by atomic mass is 32.2. The van der Waals surface area contributed by atoms with Crippen LogP contribution in [0.3, 0.4) is 0 Å². The van der Waals surface area contributed by atoms with Gasteiger partial charge in [0.15, 0.2) is 18.1 Å². The number of phenols is 1. The van der Waals surface area contributed by atoms with Crippen LogP contribution >= 0.6 is 23.1 Å². The normalized spacial score (nSPS) is 18.5. The van der Waals surface area contributed by atoms with Crippen molar-refractivity contribution in [1.29, 1.82) is 0 Å². The van der Waals surface area contributed by atoms with Crippen LogP contribution in [0, 0.1) is 5.92 Å². The van der Waals surface area contributed by atoms with Crippen molar-refractivity contribution in [1.82, 2.24) is 4.98 Å². The van der Waals surface area contributed by atoms with Gasteiger partial charge in [-0.3, -0.25) is 19.2 Å². The summed E-state index contributed by atoms with van der Waals surface area (Å²) in [7, 11) is 1.44. The number of phenolic OH excluding ortho intramolecular Hbond substituents is 1. The third-order valence-electron chi connectivity index (χ3n) is 7.52. The minimum Gasteiger partial charge on any atom is -0.508 e. The molecule has 0 saturated carbocycles. The molecule has 2 aliphatic heterocycles. The number of ether oxygens (including phenoxy) is 3. The van der Waals surface area contributed by atoms with E-state index < -0.39 is 40.8 Å². The molecular formula is C32H27N3O9S2. The molecule has 236 valence electrons. The minimum absolute atomic E-state index is 0.0714. The Bertz CT molecular complexity index is 1890. The van der Waals surface area contributed by atoms with E-state index in [-0.39, 0.29) is 35.3 Å². The van der Waals surface area contributed by atoms with Crippen LogP contribution in [-0.2, 0) is 19.1 Å². The molecular weight excluding hydrogens is 634 g/mol. The number of rotatable bonds is 9. The number of benzene rings is 3. The molecule has 6 rings (SSSR count). The summed E-state index contributed by atoms with van der Waals surface area (Å²) in [6, 6.07) is 17.1. The van der Waals surface area contributed by atoms with Gasteiger partial charge >= 0.3 is 10.8 Å². The number of H-pyrrole nitrogens is 1. The van der Waals surface area contributed by atoms with Crippen molar-refractivity contribution in [3.63, 3.8) is 0 Å². The molecule has 3 unspecified atom stereocenters. The van der Waals surface area contributed by atoms with E-state index >= 15 is 0 Å². The Morgan fingerprint density at radius 1 is 0.978 bits per heavy atom. The van der Waals surface area contributed by atoms with Gasteiger partial charge in [-0.25, -0.2) is 9.69 Å². The standard InChI is InChI=1S/C32H27N3O9S2/c1-3-43-31(40)16-4-9-19(10-5-16)35-29(38)25-24(26-28(34-32(41)46-26)45-27(25)30(35)39)17-6-13-21(22(14-17)42-2)44-15-23(37)33-18-7-11-20(36)12-8-18/h4-14,24-25,27,36H,3,15H2,1-2H3,(H,33,37)(H,34,41). The van der Waals surface area contributed by atoms with Gasteiger partial charge < -0.3 is 29.6 Å². The number of anilines is 2. The molecule has 0 aliphatic carbocycles. The molecule has 1 aromatic heterocycles. The van der Waals surface area contributed by atoms with Crippen molar-refractivity contribution < 1.29 is 38.5 Å². The lowest BCUT2D eigenvalue weighted by atomic mass is 9.83. The fourth-order valence-corrected chi connectivity index (χ4v) is 7.99. The van der Waals surface area contributed by atoms with E-state index in [1.165, 1.54) is 43.5 Å². The molecule has 0 spiro atoms. The summed E-state index contributed by atoms with van der Waals surface area (Å²) in [6.07, 6.45) is 0. The zero-order chi connectivity index (χ0) is 32.5. The third kappa shape index (κ3) is 5.84. The summed E-state index contributed by atoms with van der Waals surface area (Å²) >= 11 is 2.13. The van der Waals surface area contributed by atoms with E-state index in [9.17, 15) is 29.1 Å². The topological polar surface area (TPSA) is 164 Å². The molecule has 12 nitrogen and oxygen atoms in total. The molecule has 46 heavy (non-hydrogen) atoms. The Kier molecular flexibility index (Phi) is 8.56. The van der Waals surface area contributed by atoms with Gasteiger partial charge in [0.1, 0.15) is 11.0 Å². The van der Waals surface area contributed by atoms with Crippen LogP contribution in [0.25, 0.3) is 0 Å². The molecule has 4 aromatic rings. The fourth-order valence-electron chi connectivity index (χ4n) is 5.47. The number of imide groups is 1. The van der Waals surface area contributed by atoms with Gasteiger partial charge in [0, 0.05) is 16.5 Å². The summed E-state index contributed by atoms with van der Waals surface area (Å²) in [5, 5.41) is 11.8. The average Bonchev–Trinajstić information content (AvgIpc) is 3.55. The number of methoxy groups -OCH3 is 1. The van der Waals surface area contributed by atoms with Crippen molar-refractivity contribution in [3.8, 4) is 17.2 Å². The third-order valence-corrected chi connectivity index (χ3v) is 9.92. The van der Waals surface area contributed by atoms with Gasteiger partial charge in [-0.05, 0) is 73.2 Å². The second kappa shape index (κ2) is 12.7. The Labute approximate surface area is 270 Å². The largest absolute Gasteiger partial charge is 0.508 e. The van der Waals surface area contributed by atoms with Crippen LogP contribution in [0.15, 0.2) is 76.6 Å². The number of amides is 3.